The summed E-state index contributed by atoms with van der Waals surface area (Å²) < 4.78 is 0. The van der Waals surface area contributed by atoms with E-state index in [1.165, 1.54) is 173 Å². The van der Waals surface area contributed by atoms with Gasteiger partial charge in [-0.1, -0.05) is 297 Å². The van der Waals surface area contributed by atoms with Crippen molar-refractivity contribution >= 4 is 5.91 Å². The molecule has 0 aliphatic heterocycles. The molecule has 0 saturated carbocycles. The van der Waals surface area contributed by atoms with Crippen molar-refractivity contribution in [3.8, 4) is 0 Å². The summed E-state index contributed by atoms with van der Waals surface area (Å²) in [6.45, 7) is 4.19. The molecule has 0 bridgehead atoms. The van der Waals surface area contributed by atoms with Gasteiger partial charge in [-0.15, -0.1) is 0 Å². The number of carbonyl (C=O) groups excluding carboxylic acids is 1. The fourth-order valence-electron chi connectivity index (χ4n) is 8.55. The number of aliphatic hydroxyl groups is 2. The highest BCUT2D eigenvalue weighted by Crippen LogP contribution is 2.17. The minimum atomic E-state index is -0.867. The highest BCUT2D eigenvalue weighted by Gasteiger charge is 2.18. The SMILES string of the molecule is CC/C=C\C/C=C\C/C=C\C/C=C\C/C=C\C/C=C\C/C=C\C/C=C\CCCCC(=O)NC(CO)C(O)/C=C/CCCCCCCCCCCCCCCCCCCCCCCCCCCCCC. The lowest BCUT2D eigenvalue weighted by molar-refractivity contribution is -0.123. The molecular formula is C65H113NO3. The summed E-state index contributed by atoms with van der Waals surface area (Å²) in [6.07, 6.45) is 89.8. The lowest BCUT2D eigenvalue weighted by atomic mass is 10.0. The van der Waals surface area contributed by atoms with E-state index in [4.69, 9.17) is 0 Å². The maximum Gasteiger partial charge on any atom is 0.220 e. The van der Waals surface area contributed by atoms with Crippen LogP contribution in [0.2, 0.25) is 0 Å². The van der Waals surface area contributed by atoms with Crippen molar-refractivity contribution in [3.05, 3.63) is 109 Å². The number of carbonyl (C=O) groups is 1. The van der Waals surface area contributed by atoms with Crippen LogP contribution in [0, 0.1) is 0 Å². The van der Waals surface area contributed by atoms with Gasteiger partial charge in [0.05, 0.1) is 18.8 Å². The summed E-state index contributed by atoms with van der Waals surface area (Å²) >= 11 is 0. The Kier molecular flexibility index (Phi) is 56.8. The molecule has 0 aromatic rings. The molecule has 2 atom stereocenters. The zero-order valence-electron chi connectivity index (χ0n) is 45.5. The van der Waals surface area contributed by atoms with Crippen LogP contribution in [0.15, 0.2) is 109 Å². The largest absolute Gasteiger partial charge is 0.394 e. The second-order valence-corrected chi connectivity index (χ2v) is 19.7. The molecule has 3 N–H and O–H groups in total. The van der Waals surface area contributed by atoms with Crippen molar-refractivity contribution in [2.24, 2.45) is 0 Å². The van der Waals surface area contributed by atoms with E-state index >= 15 is 0 Å². The molecule has 0 aromatic heterocycles. The third kappa shape index (κ3) is 55.8. The van der Waals surface area contributed by atoms with E-state index in [0.717, 1.165) is 83.5 Å². The van der Waals surface area contributed by atoms with Crippen LogP contribution >= 0.6 is 0 Å². The Morgan fingerprint density at radius 1 is 0.362 bits per heavy atom. The lowest BCUT2D eigenvalue weighted by Crippen LogP contribution is -2.45. The standard InChI is InChI=1S/C65H113NO3/c1-3-5-7-9-11-13-15-17-19-21-23-25-27-29-31-32-33-35-36-38-40-42-44-46-48-50-52-54-56-58-60-64(68)63(62-67)66-65(69)61-59-57-55-53-51-49-47-45-43-41-39-37-34-30-28-26-24-22-20-18-16-14-12-10-8-6-4-2/h6,8,12,14,18,20,24,26,30,34,39,41,45,47,51,53,58,60,63-64,67-68H,3-5,7,9-11,13,15-17,19,21-23,25,27-29,31-33,35-38,40,42-44,46,48-50,52,54-57,59,61-62H2,1-2H3,(H,66,69)/b8-6-,14-12-,20-18-,26-24-,34-30-,41-39-,47-45-,53-51-,60-58+. The van der Waals surface area contributed by atoms with E-state index < -0.39 is 12.1 Å². The zero-order chi connectivity index (χ0) is 49.9. The molecule has 0 aliphatic rings. The summed E-state index contributed by atoms with van der Waals surface area (Å²) in [6, 6.07) is -0.656. The van der Waals surface area contributed by atoms with Gasteiger partial charge in [0.2, 0.25) is 5.91 Å². The highest BCUT2D eigenvalue weighted by atomic mass is 16.3. The first-order valence-electron chi connectivity index (χ1n) is 29.6. The average Bonchev–Trinajstić information content (AvgIpc) is 3.35. The van der Waals surface area contributed by atoms with Crippen molar-refractivity contribution in [1.82, 2.24) is 5.32 Å². The number of unbranched alkanes of at least 4 members (excludes halogenated alkanes) is 30. The van der Waals surface area contributed by atoms with E-state index in [-0.39, 0.29) is 12.5 Å². The number of hydrogen-bond acceptors (Lipinski definition) is 3. The zero-order valence-corrected chi connectivity index (χ0v) is 45.5. The molecule has 0 aromatic carbocycles. The Labute approximate surface area is 429 Å². The third-order valence-electron chi connectivity index (χ3n) is 13.0. The first-order valence-corrected chi connectivity index (χ1v) is 29.6. The smallest absolute Gasteiger partial charge is 0.220 e. The van der Waals surface area contributed by atoms with E-state index in [1.807, 2.05) is 6.08 Å². The molecule has 0 aliphatic carbocycles. The van der Waals surface area contributed by atoms with Crippen molar-refractivity contribution in [3.63, 3.8) is 0 Å². The summed E-state index contributed by atoms with van der Waals surface area (Å²) in [5, 5.41) is 23.2. The van der Waals surface area contributed by atoms with Gasteiger partial charge in [0.25, 0.3) is 0 Å². The quantitative estimate of drug-likeness (QED) is 0.0420. The number of allylic oxidation sites excluding steroid dienone is 17. The van der Waals surface area contributed by atoms with Gasteiger partial charge in [0.15, 0.2) is 0 Å². The Balaban J connectivity index is 3.61. The van der Waals surface area contributed by atoms with Gasteiger partial charge in [-0.05, 0) is 83.5 Å². The molecule has 0 spiro atoms. The first-order chi connectivity index (χ1) is 34.2. The minimum Gasteiger partial charge on any atom is -0.394 e. The average molecular weight is 957 g/mol. The molecule has 69 heavy (non-hydrogen) atoms. The molecule has 396 valence electrons. The van der Waals surface area contributed by atoms with Gasteiger partial charge in [0, 0.05) is 6.42 Å². The number of rotatable bonds is 53. The van der Waals surface area contributed by atoms with Crippen molar-refractivity contribution in [1.29, 1.82) is 0 Å². The van der Waals surface area contributed by atoms with Crippen LogP contribution in [0.3, 0.4) is 0 Å². The fraction of sp³-hybridized carbons (Fsp3) is 0.708. The van der Waals surface area contributed by atoms with E-state index in [0.29, 0.717) is 6.42 Å². The highest BCUT2D eigenvalue weighted by molar-refractivity contribution is 5.76. The van der Waals surface area contributed by atoms with Crippen molar-refractivity contribution in [2.45, 2.75) is 289 Å². The lowest BCUT2D eigenvalue weighted by Gasteiger charge is -2.19. The second-order valence-electron chi connectivity index (χ2n) is 19.7. The van der Waals surface area contributed by atoms with Crippen LogP contribution in [0.5, 0.6) is 0 Å². The Morgan fingerprint density at radius 3 is 0.957 bits per heavy atom. The fourth-order valence-corrected chi connectivity index (χ4v) is 8.55. The Hall–Kier alpha value is -2.95. The number of aliphatic hydroxyl groups excluding tert-OH is 2. The summed E-state index contributed by atoms with van der Waals surface area (Å²) in [5.41, 5.74) is 0. The summed E-state index contributed by atoms with van der Waals surface area (Å²) in [5.74, 6) is -0.108. The molecule has 4 nitrogen and oxygen atoms in total. The van der Waals surface area contributed by atoms with Gasteiger partial charge in [0.1, 0.15) is 0 Å². The number of hydrogen-bond donors (Lipinski definition) is 3. The van der Waals surface area contributed by atoms with Crippen LogP contribution in [0.4, 0.5) is 0 Å². The summed E-state index contributed by atoms with van der Waals surface area (Å²) in [4.78, 5) is 12.5. The molecule has 1 amide bonds. The summed E-state index contributed by atoms with van der Waals surface area (Å²) in [7, 11) is 0. The van der Waals surface area contributed by atoms with Gasteiger partial charge < -0.3 is 15.5 Å². The van der Waals surface area contributed by atoms with Crippen molar-refractivity contribution < 1.29 is 15.0 Å². The molecule has 0 radical (unpaired) electrons. The van der Waals surface area contributed by atoms with Crippen LogP contribution < -0.4 is 5.32 Å². The predicted octanol–water partition coefficient (Wildman–Crippen LogP) is 19.9. The Bertz CT molecular complexity index is 1310. The van der Waals surface area contributed by atoms with E-state index in [1.54, 1.807) is 6.08 Å². The van der Waals surface area contributed by atoms with Crippen molar-refractivity contribution in [2.75, 3.05) is 6.61 Å². The normalized spacial score (nSPS) is 13.6. The molecule has 0 saturated heterocycles. The maximum atomic E-state index is 12.5. The monoisotopic (exact) mass is 956 g/mol. The van der Waals surface area contributed by atoms with Gasteiger partial charge >= 0.3 is 0 Å². The van der Waals surface area contributed by atoms with Crippen LogP contribution in [0.25, 0.3) is 0 Å². The van der Waals surface area contributed by atoms with Crippen LogP contribution in [0.1, 0.15) is 277 Å². The predicted molar refractivity (Wildman–Crippen MR) is 308 cm³/mol. The minimum absolute atomic E-state index is 0.108. The molecular weight excluding hydrogens is 843 g/mol. The molecule has 4 heteroatoms. The maximum absolute atomic E-state index is 12.5. The number of nitrogens with one attached hydrogen (secondary N) is 1. The topological polar surface area (TPSA) is 69.6 Å². The molecule has 0 fully saturated rings. The number of amides is 1. The van der Waals surface area contributed by atoms with Gasteiger partial charge in [-0.2, -0.15) is 0 Å². The van der Waals surface area contributed by atoms with Gasteiger partial charge in [-0.25, -0.2) is 0 Å². The molecule has 2 unspecified atom stereocenters. The van der Waals surface area contributed by atoms with E-state index in [2.05, 4.69) is 116 Å². The first kappa shape index (κ1) is 66.0. The third-order valence-corrected chi connectivity index (χ3v) is 13.0. The van der Waals surface area contributed by atoms with E-state index in [9.17, 15) is 15.0 Å². The molecule has 0 heterocycles. The van der Waals surface area contributed by atoms with Crippen LogP contribution in [-0.4, -0.2) is 34.9 Å². The van der Waals surface area contributed by atoms with Crippen LogP contribution in [-0.2, 0) is 4.79 Å². The second kappa shape index (κ2) is 59.4. The molecule has 0 rings (SSSR count). The van der Waals surface area contributed by atoms with Gasteiger partial charge in [-0.3, -0.25) is 4.79 Å². The Morgan fingerprint density at radius 2 is 0.638 bits per heavy atom.